The Kier molecular flexibility index (Phi) is 3.12. The second-order valence-electron chi connectivity index (χ2n) is 5.73. The van der Waals surface area contributed by atoms with E-state index in [-0.39, 0.29) is 11.6 Å². The van der Waals surface area contributed by atoms with Crippen LogP contribution in [0.3, 0.4) is 0 Å². The van der Waals surface area contributed by atoms with Crippen LogP contribution >= 0.6 is 0 Å². The van der Waals surface area contributed by atoms with Gasteiger partial charge in [0.2, 0.25) is 0 Å². The summed E-state index contributed by atoms with van der Waals surface area (Å²) in [4.78, 5) is 25.0. The second kappa shape index (κ2) is 5.17. The summed E-state index contributed by atoms with van der Waals surface area (Å²) in [7, 11) is 0. The average molecular weight is 313 g/mol. The van der Waals surface area contributed by atoms with Crippen molar-refractivity contribution in [3.8, 4) is 0 Å². The van der Waals surface area contributed by atoms with Gasteiger partial charge >= 0.3 is 0 Å². The molecule has 1 amide bonds. The zero-order chi connectivity index (χ0) is 16.0. The molecule has 0 fully saturated rings. The van der Waals surface area contributed by atoms with Crippen molar-refractivity contribution in [2.75, 3.05) is 18.0 Å². The number of rotatable bonds is 2. The Balaban J connectivity index is 1.71. The van der Waals surface area contributed by atoms with Crippen molar-refractivity contribution in [2.24, 2.45) is 0 Å². The summed E-state index contributed by atoms with van der Waals surface area (Å²) in [6, 6.07) is 4.67. The molecule has 0 saturated carbocycles. The molecule has 3 heterocycles. The minimum Gasteiger partial charge on any atom is -0.312 e. The maximum Gasteiger partial charge on any atom is 0.279 e. The highest BCUT2D eigenvalue weighted by Crippen LogP contribution is 2.33. The number of nitro groups is 1. The molecule has 118 valence electrons. The molecular formula is C15H15N5O3. The summed E-state index contributed by atoms with van der Waals surface area (Å²) >= 11 is 0. The lowest BCUT2D eigenvalue weighted by molar-refractivity contribution is -0.384. The van der Waals surface area contributed by atoms with E-state index < -0.39 is 4.92 Å². The minimum absolute atomic E-state index is 0.00540. The fourth-order valence-corrected chi connectivity index (χ4v) is 3.22. The van der Waals surface area contributed by atoms with Gasteiger partial charge in [-0.15, -0.1) is 0 Å². The molecule has 1 aromatic heterocycles. The normalized spacial score (nSPS) is 16.1. The third kappa shape index (κ3) is 2.18. The fraction of sp³-hybridized carbons (Fsp3) is 0.333. The van der Waals surface area contributed by atoms with Gasteiger partial charge in [0.15, 0.2) is 5.69 Å². The first kappa shape index (κ1) is 13.9. The predicted octanol–water partition coefficient (Wildman–Crippen LogP) is 1.17. The van der Waals surface area contributed by atoms with Gasteiger partial charge in [-0.1, -0.05) is 6.07 Å². The molecular weight excluding hydrogens is 298 g/mol. The molecule has 0 aliphatic carbocycles. The van der Waals surface area contributed by atoms with Gasteiger partial charge in [0.05, 0.1) is 10.6 Å². The van der Waals surface area contributed by atoms with Crippen LogP contribution in [0, 0.1) is 10.1 Å². The van der Waals surface area contributed by atoms with E-state index in [4.69, 9.17) is 0 Å². The number of carbonyl (C=O) groups excluding carboxylic acids is 1. The first-order chi connectivity index (χ1) is 11.1. The number of amides is 1. The summed E-state index contributed by atoms with van der Waals surface area (Å²) in [6.45, 7) is 1.99. The van der Waals surface area contributed by atoms with Gasteiger partial charge in [0, 0.05) is 49.4 Å². The maximum absolute atomic E-state index is 12.9. The highest BCUT2D eigenvalue weighted by Gasteiger charge is 2.31. The first-order valence-electron chi connectivity index (χ1n) is 7.51. The topological polar surface area (TPSA) is 104 Å². The molecule has 4 rings (SSSR count). The monoisotopic (exact) mass is 313 g/mol. The van der Waals surface area contributed by atoms with E-state index in [2.05, 4.69) is 15.5 Å². The smallest absolute Gasteiger partial charge is 0.279 e. The lowest BCUT2D eigenvalue weighted by atomic mass is 10.1. The highest BCUT2D eigenvalue weighted by molar-refractivity contribution is 6.07. The Labute approximate surface area is 131 Å². The van der Waals surface area contributed by atoms with E-state index >= 15 is 0 Å². The van der Waals surface area contributed by atoms with Crippen LogP contribution in [0.15, 0.2) is 18.2 Å². The molecule has 8 nitrogen and oxygen atoms in total. The van der Waals surface area contributed by atoms with Crippen LogP contribution in [0.1, 0.15) is 27.3 Å². The van der Waals surface area contributed by atoms with Gasteiger partial charge in [-0.25, -0.2) is 0 Å². The maximum atomic E-state index is 12.9. The summed E-state index contributed by atoms with van der Waals surface area (Å²) in [6.07, 6.45) is 1.52. The molecule has 0 bridgehead atoms. The van der Waals surface area contributed by atoms with Crippen LogP contribution in [0.5, 0.6) is 0 Å². The van der Waals surface area contributed by atoms with E-state index in [1.54, 1.807) is 11.0 Å². The van der Waals surface area contributed by atoms with E-state index in [0.717, 1.165) is 29.8 Å². The number of nitrogens with zero attached hydrogens (tertiary/aromatic N) is 3. The van der Waals surface area contributed by atoms with Crippen LogP contribution < -0.4 is 10.2 Å². The Bertz CT molecular complexity index is 813. The third-order valence-corrected chi connectivity index (χ3v) is 4.43. The average Bonchev–Trinajstić information content (AvgIpc) is 3.17. The van der Waals surface area contributed by atoms with Crippen LogP contribution in [0.25, 0.3) is 0 Å². The second-order valence-corrected chi connectivity index (χ2v) is 5.73. The van der Waals surface area contributed by atoms with Crippen LogP contribution in [0.4, 0.5) is 11.4 Å². The number of non-ortho nitro benzene ring substituents is 1. The number of H-pyrrole nitrogens is 1. The standard InChI is InChI=1S/C15H15N5O3/c21-15(14-11-8-16-5-3-12(11)17-18-14)19-6-4-9-1-2-10(20(22)23)7-13(9)19/h1-2,7,16H,3-6,8H2,(H,17,18). The lowest BCUT2D eigenvalue weighted by Gasteiger charge is -2.18. The van der Waals surface area contributed by atoms with Gasteiger partial charge in [-0.2, -0.15) is 5.10 Å². The quantitative estimate of drug-likeness (QED) is 0.639. The largest absolute Gasteiger partial charge is 0.312 e. The zero-order valence-electron chi connectivity index (χ0n) is 12.3. The molecule has 2 N–H and O–H groups in total. The Morgan fingerprint density at radius 1 is 1.35 bits per heavy atom. The number of aromatic amines is 1. The number of anilines is 1. The summed E-state index contributed by atoms with van der Waals surface area (Å²) in [5.74, 6) is -0.203. The lowest BCUT2D eigenvalue weighted by Crippen LogP contribution is -2.31. The molecule has 0 spiro atoms. The molecule has 0 unspecified atom stereocenters. The molecule has 0 atom stereocenters. The van der Waals surface area contributed by atoms with Gasteiger partial charge in [-0.05, 0) is 12.0 Å². The number of benzene rings is 1. The number of hydrogen-bond donors (Lipinski definition) is 2. The molecule has 8 heteroatoms. The van der Waals surface area contributed by atoms with Gasteiger partial charge < -0.3 is 10.2 Å². The van der Waals surface area contributed by atoms with Crippen LogP contribution in [0.2, 0.25) is 0 Å². The van der Waals surface area contributed by atoms with Crippen molar-refractivity contribution in [3.63, 3.8) is 0 Å². The van der Waals surface area contributed by atoms with Crippen molar-refractivity contribution in [3.05, 3.63) is 50.8 Å². The Morgan fingerprint density at radius 3 is 3.04 bits per heavy atom. The van der Waals surface area contributed by atoms with Crippen molar-refractivity contribution in [2.45, 2.75) is 19.4 Å². The Hall–Kier alpha value is -2.74. The zero-order valence-corrected chi connectivity index (χ0v) is 12.3. The van der Waals surface area contributed by atoms with Crippen molar-refractivity contribution in [1.29, 1.82) is 0 Å². The van der Waals surface area contributed by atoms with E-state index in [9.17, 15) is 14.9 Å². The summed E-state index contributed by atoms with van der Waals surface area (Å²) < 4.78 is 0. The SMILES string of the molecule is O=C(c1n[nH]c2c1CNCC2)N1CCc2ccc([N+](=O)[O-])cc21. The number of carbonyl (C=O) groups is 1. The first-order valence-corrected chi connectivity index (χ1v) is 7.51. The predicted molar refractivity (Wildman–Crippen MR) is 82.5 cm³/mol. The van der Waals surface area contributed by atoms with Gasteiger partial charge in [0.1, 0.15) is 0 Å². The molecule has 23 heavy (non-hydrogen) atoms. The molecule has 2 aliphatic rings. The van der Waals surface area contributed by atoms with Crippen molar-refractivity contribution in [1.82, 2.24) is 15.5 Å². The molecule has 0 saturated heterocycles. The molecule has 2 aliphatic heterocycles. The van der Waals surface area contributed by atoms with E-state index in [1.807, 2.05) is 0 Å². The van der Waals surface area contributed by atoms with Crippen LogP contribution in [-0.4, -0.2) is 34.1 Å². The minimum atomic E-state index is -0.443. The van der Waals surface area contributed by atoms with E-state index in [1.165, 1.54) is 12.1 Å². The van der Waals surface area contributed by atoms with Crippen molar-refractivity contribution < 1.29 is 9.72 Å². The molecule has 2 aromatic rings. The third-order valence-electron chi connectivity index (χ3n) is 4.43. The number of hydrogen-bond acceptors (Lipinski definition) is 5. The Morgan fingerprint density at radius 2 is 2.22 bits per heavy atom. The van der Waals surface area contributed by atoms with Gasteiger partial charge in [-0.3, -0.25) is 20.0 Å². The van der Waals surface area contributed by atoms with Crippen LogP contribution in [-0.2, 0) is 19.4 Å². The molecule has 1 aromatic carbocycles. The molecule has 0 radical (unpaired) electrons. The highest BCUT2D eigenvalue weighted by atomic mass is 16.6. The number of nitrogens with one attached hydrogen (secondary N) is 2. The van der Waals surface area contributed by atoms with Crippen molar-refractivity contribution >= 4 is 17.3 Å². The number of aromatic nitrogens is 2. The summed E-state index contributed by atoms with van der Waals surface area (Å²) in [5.41, 5.74) is 3.86. The fourth-order valence-electron chi connectivity index (χ4n) is 3.22. The summed E-state index contributed by atoms with van der Waals surface area (Å²) in [5, 5.41) is 21.3. The number of nitro benzene ring substituents is 1. The van der Waals surface area contributed by atoms with E-state index in [0.29, 0.717) is 30.9 Å². The van der Waals surface area contributed by atoms with Gasteiger partial charge in [0.25, 0.3) is 11.6 Å². The number of fused-ring (bicyclic) bond motifs is 2.